The van der Waals surface area contributed by atoms with E-state index in [-0.39, 0.29) is 17.3 Å². The first-order valence-corrected chi connectivity index (χ1v) is 9.29. The molecule has 25 heavy (non-hydrogen) atoms. The summed E-state index contributed by atoms with van der Waals surface area (Å²) in [5.41, 5.74) is 3.21. The molecule has 1 unspecified atom stereocenters. The van der Waals surface area contributed by atoms with Gasteiger partial charge in [0.2, 0.25) is 5.91 Å². The zero-order chi connectivity index (χ0) is 18.4. The maximum Gasteiger partial charge on any atom is 0.235 e. The second-order valence-corrected chi connectivity index (χ2v) is 8.06. The minimum Gasteiger partial charge on any atom is -0.376 e. The fourth-order valence-corrected chi connectivity index (χ4v) is 4.74. The van der Waals surface area contributed by atoms with Crippen molar-refractivity contribution in [1.82, 2.24) is 5.32 Å². The molecule has 1 aliphatic carbocycles. The summed E-state index contributed by atoms with van der Waals surface area (Å²) < 4.78 is 5.87. The summed E-state index contributed by atoms with van der Waals surface area (Å²) in [4.78, 5) is 26.1. The van der Waals surface area contributed by atoms with Crippen LogP contribution in [0.15, 0.2) is 12.1 Å². The number of ether oxygens (including phenoxy) is 1. The van der Waals surface area contributed by atoms with Gasteiger partial charge in [0, 0.05) is 6.61 Å². The summed E-state index contributed by atoms with van der Waals surface area (Å²) in [6.07, 6.45) is 2.92. The number of nitrogens with one attached hydrogen (secondary N) is 1. The number of amides is 1. The first kappa shape index (κ1) is 18.1. The molecule has 1 N–H and O–H groups in total. The number of carbonyl (C=O) groups is 2. The number of hydrogen-bond acceptors (Lipinski definition) is 3. The Labute approximate surface area is 150 Å². The molecule has 0 aromatic heterocycles. The molecular formula is C21H29NO3. The monoisotopic (exact) mass is 343 g/mol. The molecule has 1 spiro atoms. The molecule has 0 radical (unpaired) electrons. The van der Waals surface area contributed by atoms with Crippen LogP contribution in [0.25, 0.3) is 0 Å². The predicted molar refractivity (Wildman–Crippen MR) is 97.8 cm³/mol. The van der Waals surface area contributed by atoms with E-state index in [0.29, 0.717) is 19.4 Å². The van der Waals surface area contributed by atoms with Gasteiger partial charge < -0.3 is 10.1 Å². The molecule has 1 aromatic rings. The molecule has 1 aromatic carbocycles. The van der Waals surface area contributed by atoms with Gasteiger partial charge in [-0.25, -0.2) is 0 Å². The van der Waals surface area contributed by atoms with E-state index < -0.39 is 11.5 Å². The predicted octanol–water partition coefficient (Wildman–Crippen LogP) is 3.50. The van der Waals surface area contributed by atoms with Crippen molar-refractivity contribution in [3.8, 4) is 0 Å². The van der Waals surface area contributed by atoms with Crippen LogP contribution in [-0.2, 0) is 14.3 Å². The van der Waals surface area contributed by atoms with E-state index in [4.69, 9.17) is 4.74 Å². The van der Waals surface area contributed by atoms with Crippen molar-refractivity contribution >= 4 is 11.7 Å². The van der Waals surface area contributed by atoms with Crippen LogP contribution in [0.1, 0.15) is 67.7 Å². The molecule has 3 rings (SSSR count). The van der Waals surface area contributed by atoms with E-state index in [2.05, 4.69) is 24.4 Å². The smallest absolute Gasteiger partial charge is 0.235 e. The van der Waals surface area contributed by atoms with Crippen molar-refractivity contribution in [2.45, 2.75) is 77.4 Å². The van der Waals surface area contributed by atoms with E-state index in [0.717, 1.165) is 35.1 Å². The van der Waals surface area contributed by atoms with Gasteiger partial charge in [-0.15, -0.1) is 0 Å². The molecule has 2 aliphatic rings. The lowest BCUT2D eigenvalue weighted by molar-refractivity contribution is -0.128. The average molecular weight is 343 g/mol. The highest BCUT2D eigenvalue weighted by molar-refractivity contribution is 6.17. The van der Waals surface area contributed by atoms with Crippen molar-refractivity contribution in [2.75, 3.05) is 6.61 Å². The van der Waals surface area contributed by atoms with Crippen LogP contribution in [0.2, 0.25) is 0 Å². The number of benzene rings is 1. The Balaban J connectivity index is 1.90. The van der Waals surface area contributed by atoms with Crippen LogP contribution >= 0.6 is 0 Å². The molecule has 2 fully saturated rings. The Morgan fingerprint density at radius 1 is 1.08 bits per heavy atom. The van der Waals surface area contributed by atoms with E-state index in [1.54, 1.807) is 0 Å². The Morgan fingerprint density at radius 2 is 1.64 bits per heavy atom. The summed E-state index contributed by atoms with van der Waals surface area (Å²) >= 11 is 0. The Hall–Kier alpha value is -1.68. The van der Waals surface area contributed by atoms with Gasteiger partial charge >= 0.3 is 0 Å². The number of ketones is 1. The van der Waals surface area contributed by atoms with Gasteiger partial charge in [-0.3, -0.25) is 9.59 Å². The second-order valence-electron chi connectivity index (χ2n) is 8.06. The van der Waals surface area contributed by atoms with Crippen LogP contribution in [0.5, 0.6) is 0 Å². The SMILES string of the molecule is CCOC1(C)CCC2(CC1)NC(=O)C(c1c(C)cc(C)cc1C)C2=O. The van der Waals surface area contributed by atoms with Crippen molar-refractivity contribution in [3.05, 3.63) is 34.4 Å². The van der Waals surface area contributed by atoms with Crippen LogP contribution in [0.4, 0.5) is 0 Å². The normalized spacial score (nSPS) is 32.3. The summed E-state index contributed by atoms with van der Waals surface area (Å²) in [5.74, 6) is -0.761. The Bertz CT molecular complexity index is 691. The summed E-state index contributed by atoms with van der Waals surface area (Å²) in [6, 6.07) is 4.11. The third-order valence-corrected chi connectivity index (χ3v) is 6.04. The van der Waals surface area contributed by atoms with Crippen molar-refractivity contribution < 1.29 is 14.3 Å². The highest BCUT2D eigenvalue weighted by atomic mass is 16.5. The van der Waals surface area contributed by atoms with Crippen molar-refractivity contribution in [2.24, 2.45) is 0 Å². The van der Waals surface area contributed by atoms with Gasteiger partial charge in [0.1, 0.15) is 5.92 Å². The number of hydrogen-bond donors (Lipinski definition) is 1. The van der Waals surface area contributed by atoms with Crippen molar-refractivity contribution in [1.29, 1.82) is 0 Å². The second kappa shape index (κ2) is 6.24. The van der Waals surface area contributed by atoms with Crippen LogP contribution in [0, 0.1) is 20.8 Å². The lowest BCUT2D eigenvalue weighted by Crippen LogP contribution is -2.52. The van der Waals surface area contributed by atoms with Gasteiger partial charge in [0.05, 0.1) is 11.1 Å². The molecule has 4 nitrogen and oxygen atoms in total. The van der Waals surface area contributed by atoms with E-state index >= 15 is 0 Å². The molecule has 1 saturated carbocycles. The fourth-order valence-electron chi connectivity index (χ4n) is 4.74. The Kier molecular flexibility index (Phi) is 4.52. The third kappa shape index (κ3) is 3.01. The van der Waals surface area contributed by atoms with E-state index in [1.165, 1.54) is 0 Å². The zero-order valence-electron chi connectivity index (χ0n) is 16.0. The maximum absolute atomic E-state index is 13.3. The molecule has 1 atom stereocenters. The fraction of sp³-hybridized carbons (Fsp3) is 0.619. The molecule has 1 aliphatic heterocycles. The molecule has 1 saturated heterocycles. The maximum atomic E-state index is 13.3. The van der Waals surface area contributed by atoms with Gasteiger partial charge in [-0.2, -0.15) is 0 Å². The summed E-state index contributed by atoms with van der Waals surface area (Å²) in [5, 5.41) is 3.07. The van der Waals surface area contributed by atoms with Crippen molar-refractivity contribution in [3.63, 3.8) is 0 Å². The highest BCUT2D eigenvalue weighted by Gasteiger charge is 2.56. The Morgan fingerprint density at radius 3 is 2.16 bits per heavy atom. The van der Waals surface area contributed by atoms with Gasteiger partial charge in [0.15, 0.2) is 5.78 Å². The van der Waals surface area contributed by atoms with E-state index in [1.807, 2.05) is 27.7 Å². The first-order valence-electron chi connectivity index (χ1n) is 9.29. The average Bonchev–Trinajstić information content (AvgIpc) is 2.75. The number of rotatable bonds is 3. The molecular weight excluding hydrogens is 314 g/mol. The first-order chi connectivity index (χ1) is 11.7. The lowest BCUT2D eigenvalue weighted by atomic mass is 9.71. The van der Waals surface area contributed by atoms with Gasteiger partial charge in [-0.05, 0) is 77.0 Å². The highest BCUT2D eigenvalue weighted by Crippen LogP contribution is 2.44. The molecule has 1 heterocycles. The zero-order valence-corrected chi connectivity index (χ0v) is 16.0. The number of aryl methyl sites for hydroxylation is 3. The lowest BCUT2D eigenvalue weighted by Gasteiger charge is -2.41. The van der Waals surface area contributed by atoms with Crippen LogP contribution in [-0.4, -0.2) is 29.4 Å². The van der Waals surface area contributed by atoms with Crippen LogP contribution in [0.3, 0.4) is 0 Å². The standard InChI is InChI=1S/C21H29NO3/c1-6-25-20(5)7-9-21(10-8-20)18(23)17(19(24)22-21)16-14(3)11-13(2)12-15(16)4/h11-12,17H,6-10H2,1-5H3,(H,22,24). The van der Waals surface area contributed by atoms with Crippen LogP contribution < -0.4 is 5.32 Å². The van der Waals surface area contributed by atoms with Gasteiger partial charge in [0.25, 0.3) is 0 Å². The number of Topliss-reactive ketones (excluding diaryl/α,β-unsaturated/α-hetero) is 1. The molecule has 4 heteroatoms. The van der Waals surface area contributed by atoms with E-state index in [9.17, 15) is 9.59 Å². The third-order valence-electron chi connectivity index (χ3n) is 6.04. The topological polar surface area (TPSA) is 55.4 Å². The molecule has 0 bridgehead atoms. The van der Waals surface area contributed by atoms with Gasteiger partial charge in [-0.1, -0.05) is 17.7 Å². The largest absolute Gasteiger partial charge is 0.376 e. The number of carbonyl (C=O) groups excluding carboxylic acids is 2. The molecule has 1 amide bonds. The molecule has 136 valence electrons. The minimum absolute atomic E-state index is 0.0473. The summed E-state index contributed by atoms with van der Waals surface area (Å²) in [7, 11) is 0. The minimum atomic E-state index is -0.706. The quantitative estimate of drug-likeness (QED) is 0.855. The summed E-state index contributed by atoms with van der Waals surface area (Å²) in [6.45, 7) is 10.8.